The van der Waals surface area contributed by atoms with Gasteiger partial charge in [0.1, 0.15) is 11.6 Å². The molecule has 1 heterocycles. The van der Waals surface area contributed by atoms with Gasteiger partial charge in [0.15, 0.2) is 0 Å². The molecule has 0 bridgehead atoms. The summed E-state index contributed by atoms with van der Waals surface area (Å²) >= 11 is 0. The van der Waals surface area contributed by atoms with E-state index in [0.717, 1.165) is 31.1 Å². The lowest BCUT2D eigenvalue weighted by molar-refractivity contribution is 0.0705. The molecule has 7 heteroatoms. The molecule has 0 unspecified atom stereocenters. The van der Waals surface area contributed by atoms with Crippen LogP contribution in [0.5, 0.6) is 0 Å². The molecule has 0 amide bonds. The van der Waals surface area contributed by atoms with Crippen molar-refractivity contribution in [1.29, 1.82) is 0 Å². The zero-order valence-electron chi connectivity index (χ0n) is 11.6. The largest absolute Gasteiger partial charge is 0.382 e. The summed E-state index contributed by atoms with van der Waals surface area (Å²) < 4.78 is 10.3. The molecule has 0 aliphatic rings. The fraction of sp³-hybridized carbons (Fsp3) is 0.667. The molecule has 0 saturated carbocycles. The van der Waals surface area contributed by atoms with Crippen LogP contribution in [0, 0.1) is 0 Å². The Balaban J connectivity index is 2.25. The van der Waals surface area contributed by atoms with E-state index in [1.165, 1.54) is 0 Å². The van der Waals surface area contributed by atoms with Crippen molar-refractivity contribution in [3.8, 4) is 0 Å². The molecule has 19 heavy (non-hydrogen) atoms. The highest BCUT2D eigenvalue weighted by atomic mass is 16.5. The number of anilines is 3. The van der Waals surface area contributed by atoms with Crippen LogP contribution in [-0.4, -0.2) is 50.0 Å². The normalized spacial score (nSPS) is 10.4. The second-order valence-electron chi connectivity index (χ2n) is 3.91. The first-order valence-corrected chi connectivity index (χ1v) is 6.45. The van der Waals surface area contributed by atoms with E-state index in [2.05, 4.69) is 20.6 Å². The van der Waals surface area contributed by atoms with Gasteiger partial charge in [0.2, 0.25) is 5.95 Å². The molecule has 7 nitrogen and oxygen atoms in total. The van der Waals surface area contributed by atoms with Crippen molar-refractivity contribution in [3.05, 3.63) is 6.07 Å². The second-order valence-corrected chi connectivity index (χ2v) is 3.91. The Labute approximate surface area is 113 Å². The number of hydrogen-bond donors (Lipinski definition) is 3. The van der Waals surface area contributed by atoms with E-state index in [4.69, 9.17) is 15.2 Å². The van der Waals surface area contributed by atoms with Crippen molar-refractivity contribution in [2.24, 2.45) is 0 Å². The monoisotopic (exact) mass is 269 g/mol. The summed E-state index contributed by atoms with van der Waals surface area (Å²) in [5.41, 5.74) is 5.63. The van der Waals surface area contributed by atoms with Crippen molar-refractivity contribution in [2.75, 3.05) is 56.4 Å². The van der Waals surface area contributed by atoms with Gasteiger partial charge in [0.25, 0.3) is 0 Å². The topological polar surface area (TPSA) is 94.3 Å². The van der Waals surface area contributed by atoms with Crippen LogP contribution in [0.25, 0.3) is 0 Å². The summed E-state index contributed by atoms with van der Waals surface area (Å²) in [5.74, 6) is 1.71. The number of methoxy groups -OCH3 is 1. The number of nitrogens with two attached hydrogens (primary N) is 1. The third-order valence-corrected chi connectivity index (χ3v) is 2.30. The van der Waals surface area contributed by atoms with Crippen LogP contribution >= 0.6 is 0 Å². The Bertz CT molecular complexity index is 362. The van der Waals surface area contributed by atoms with E-state index in [-0.39, 0.29) is 5.95 Å². The van der Waals surface area contributed by atoms with Crippen molar-refractivity contribution in [1.82, 2.24) is 9.97 Å². The number of hydrogen-bond acceptors (Lipinski definition) is 7. The van der Waals surface area contributed by atoms with E-state index >= 15 is 0 Å². The predicted molar refractivity (Wildman–Crippen MR) is 76.4 cm³/mol. The van der Waals surface area contributed by atoms with Gasteiger partial charge in [-0.3, -0.25) is 0 Å². The lowest BCUT2D eigenvalue weighted by atomic mass is 10.4. The molecule has 1 aromatic heterocycles. The van der Waals surface area contributed by atoms with E-state index in [9.17, 15) is 0 Å². The van der Waals surface area contributed by atoms with Gasteiger partial charge in [-0.2, -0.15) is 9.97 Å². The molecule has 0 fully saturated rings. The number of nitrogens with one attached hydrogen (secondary N) is 2. The first kappa shape index (κ1) is 15.5. The molecule has 0 spiro atoms. The summed E-state index contributed by atoms with van der Waals surface area (Å²) in [5, 5.41) is 6.30. The maximum absolute atomic E-state index is 5.63. The molecule has 108 valence electrons. The maximum atomic E-state index is 5.63. The van der Waals surface area contributed by atoms with Crippen molar-refractivity contribution >= 4 is 17.6 Å². The van der Waals surface area contributed by atoms with Crippen LogP contribution in [0.2, 0.25) is 0 Å². The number of ether oxygens (including phenoxy) is 2. The average Bonchev–Trinajstić information content (AvgIpc) is 2.37. The van der Waals surface area contributed by atoms with Gasteiger partial charge in [-0.25, -0.2) is 0 Å². The van der Waals surface area contributed by atoms with Gasteiger partial charge in [0, 0.05) is 32.9 Å². The number of aromatic nitrogens is 2. The number of nitrogen functional groups attached to an aromatic ring is 1. The van der Waals surface area contributed by atoms with Gasteiger partial charge in [-0.05, 0) is 13.3 Å². The Hall–Kier alpha value is -1.60. The van der Waals surface area contributed by atoms with Crippen LogP contribution in [0.1, 0.15) is 13.3 Å². The number of rotatable bonds is 10. The summed E-state index contributed by atoms with van der Waals surface area (Å²) in [6, 6.07) is 1.84. The summed E-state index contributed by atoms with van der Waals surface area (Å²) in [6.07, 6.45) is 0.893. The maximum Gasteiger partial charge on any atom is 0.223 e. The minimum absolute atomic E-state index is 0.261. The average molecular weight is 269 g/mol. The first-order chi connectivity index (χ1) is 9.26. The van der Waals surface area contributed by atoms with Crippen LogP contribution in [0.3, 0.4) is 0 Å². The SMILES string of the molecule is CCNc1cc(NCCCOCCOC)nc(N)n1. The van der Waals surface area contributed by atoms with Crippen LogP contribution in [0.4, 0.5) is 17.6 Å². The van der Waals surface area contributed by atoms with Crippen LogP contribution < -0.4 is 16.4 Å². The molecule has 1 aromatic rings. The van der Waals surface area contributed by atoms with Gasteiger partial charge < -0.3 is 25.8 Å². The molecule has 0 saturated heterocycles. The third-order valence-electron chi connectivity index (χ3n) is 2.30. The van der Waals surface area contributed by atoms with E-state index in [1.54, 1.807) is 7.11 Å². The quantitative estimate of drug-likeness (QED) is 0.544. The molecule has 4 N–H and O–H groups in total. The summed E-state index contributed by atoms with van der Waals surface area (Å²) in [6.45, 7) is 5.52. The Kier molecular flexibility index (Phi) is 7.60. The summed E-state index contributed by atoms with van der Waals surface area (Å²) in [7, 11) is 1.66. The zero-order chi connectivity index (χ0) is 13.9. The molecule has 0 atom stereocenters. The van der Waals surface area contributed by atoms with Crippen molar-refractivity contribution < 1.29 is 9.47 Å². The highest BCUT2D eigenvalue weighted by molar-refractivity contribution is 5.50. The summed E-state index contributed by atoms with van der Waals surface area (Å²) in [4.78, 5) is 8.20. The van der Waals surface area contributed by atoms with Crippen LogP contribution in [0.15, 0.2) is 6.07 Å². The van der Waals surface area contributed by atoms with E-state index in [1.807, 2.05) is 13.0 Å². The molecule has 0 aliphatic carbocycles. The zero-order valence-corrected chi connectivity index (χ0v) is 11.6. The van der Waals surface area contributed by atoms with Gasteiger partial charge in [0.05, 0.1) is 13.2 Å². The molecule has 1 rings (SSSR count). The Morgan fingerprint density at radius 2 is 1.89 bits per heavy atom. The van der Waals surface area contributed by atoms with Crippen molar-refractivity contribution in [3.63, 3.8) is 0 Å². The molecular formula is C12H23N5O2. The fourth-order valence-corrected chi connectivity index (χ4v) is 1.46. The number of nitrogens with zero attached hydrogens (tertiary/aromatic N) is 2. The lowest BCUT2D eigenvalue weighted by Gasteiger charge is -2.09. The molecular weight excluding hydrogens is 246 g/mol. The standard InChI is InChI=1S/C12H23N5O2/c1-3-14-10-9-11(17-12(13)16-10)15-5-4-6-19-8-7-18-2/h9H,3-8H2,1-2H3,(H4,13,14,15,16,17). The smallest absolute Gasteiger partial charge is 0.223 e. The van der Waals surface area contributed by atoms with Gasteiger partial charge in [-0.15, -0.1) is 0 Å². The van der Waals surface area contributed by atoms with E-state index in [0.29, 0.717) is 19.8 Å². The Morgan fingerprint density at radius 1 is 1.16 bits per heavy atom. The fourth-order valence-electron chi connectivity index (χ4n) is 1.46. The van der Waals surface area contributed by atoms with Crippen molar-refractivity contribution in [2.45, 2.75) is 13.3 Å². The highest BCUT2D eigenvalue weighted by Gasteiger charge is 2.00. The predicted octanol–water partition coefficient (Wildman–Crippen LogP) is 0.956. The van der Waals surface area contributed by atoms with E-state index < -0.39 is 0 Å². The highest BCUT2D eigenvalue weighted by Crippen LogP contribution is 2.11. The van der Waals surface area contributed by atoms with Crippen LogP contribution in [-0.2, 0) is 9.47 Å². The van der Waals surface area contributed by atoms with Gasteiger partial charge in [-0.1, -0.05) is 0 Å². The lowest BCUT2D eigenvalue weighted by Crippen LogP contribution is -2.11. The Morgan fingerprint density at radius 3 is 2.58 bits per heavy atom. The molecule has 0 aliphatic heterocycles. The molecule has 0 aromatic carbocycles. The second kappa shape index (κ2) is 9.35. The third kappa shape index (κ3) is 6.78. The van der Waals surface area contributed by atoms with Gasteiger partial charge >= 0.3 is 0 Å². The minimum atomic E-state index is 0.261. The molecule has 0 radical (unpaired) electrons. The first-order valence-electron chi connectivity index (χ1n) is 6.45. The minimum Gasteiger partial charge on any atom is -0.382 e.